The van der Waals surface area contributed by atoms with E-state index in [1.54, 1.807) is 10.9 Å². The number of nitrogens with zero attached hydrogens (tertiary/aromatic N) is 3. The molecule has 0 aliphatic carbocycles. The molecule has 124 valence electrons. The van der Waals surface area contributed by atoms with E-state index in [-0.39, 0.29) is 18.0 Å². The minimum absolute atomic E-state index is 0.0805. The summed E-state index contributed by atoms with van der Waals surface area (Å²) in [5.41, 5.74) is 2.13. The van der Waals surface area contributed by atoms with Crippen LogP contribution in [0.1, 0.15) is 45.0 Å². The molecule has 0 aliphatic rings. The van der Waals surface area contributed by atoms with Crippen LogP contribution in [-0.2, 0) is 18.3 Å². The molecule has 1 aromatic heterocycles. The van der Waals surface area contributed by atoms with Crippen LogP contribution in [0.3, 0.4) is 0 Å². The Bertz CT molecular complexity index is 631. The average Bonchev–Trinajstić information content (AvgIpc) is 2.89. The zero-order chi connectivity index (χ0) is 17.0. The van der Waals surface area contributed by atoms with Gasteiger partial charge in [0.1, 0.15) is 0 Å². The van der Waals surface area contributed by atoms with Gasteiger partial charge in [0.2, 0.25) is 5.91 Å². The maximum Gasteiger partial charge on any atom is 0.229 e. The molecular formula is C19H27N3O. The first kappa shape index (κ1) is 17.3. The van der Waals surface area contributed by atoms with Crippen LogP contribution >= 0.6 is 0 Å². The largest absolute Gasteiger partial charge is 0.333 e. The van der Waals surface area contributed by atoms with Gasteiger partial charge in [0.15, 0.2) is 0 Å². The number of aromatic nitrogens is 2. The molecule has 1 unspecified atom stereocenters. The van der Waals surface area contributed by atoms with Crippen LogP contribution in [0.15, 0.2) is 42.6 Å². The number of hydrogen-bond acceptors (Lipinski definition) is 2. The van der Waals surface area contributed by atoms with Crippen LogP contribution in [0.2, 0.25) is 0 Å². The van der Waals surface area contributed by atoms with Gasteiger partial charge in [-0.25, -0.2) is 0 Å². The Morgan fingerprint density at radius 3 is 2.26 bits per heavy atom. The third-order valence-electron chi connectivity index (χ3n) is 4.17. The molecule has 4 nitrogen and oxygen atoms in total. The molecule has 1 atom stereocenters. The predicted octanol–water partition coefficient (Wildman–Crippen LogP) is 3.60. The lowest BCUT2D eigenvalue weighted by atomic mass is 9.93. The molecule has 0 aliphatic heterocycles. The smallest absolute Gasteiger partial charge is 0.229 e. The monoisotopic (exact) mass is 313 g/mol. The molecule has 23 heavy (non-hydrogen) atoms. The van der Waals surface area contributed by atoms with Gasteiger partial charge in [-0.1, -0.05) is 44.2 Å². The second kappa shape index (κ2) is 7.44. The highest BCUT2D eigenvalue weighted by Crippen LogP contribution is 2.30. The molecule has 4 heteroatoms. The molecule has 0 radical (unpaired) electrons. The second-order valence-electron chi connectivity index (χ2n) is 6.62. The molecule has 0 saturated carbocycles. The molecule has 0 fully saturated rings. The van der Waals surface area contributed by atoms with Crippen molar-refractivity contribution in [3.8, 4) is 0 Å². The highest BCUT2D eigenvalue weighted by molar-refractivity contribution is 5.79. The molecule has 0 spiro atoms. The number of amides is 1. The lowest BCUT2D eigenvalue weighted by Crippen LogP contribution is -2.43. The van der Waals surface area contributed by atoms with E-state index in [1.807, 2.05) is 36.2 Å². The summed E-state index contributed by atoms with van der Waals surface area (Å²) in [4.78, 5) is 15.0. The lowest BCUT2D eigenvalue weighted by Gasteiger charge is -2.38. The van der Waals surface area contributed by atoms with Crippen molar-refractivity contribution in [1.29, 1.82) is 0 Å². The topological polar surface area (TPSA) is 38.1 Å². The number of carbonyl (C=O) groups is 1. The van der Waals surface area contributed by atoms with Crippen molar-refractivity contribution in [2.75, 3.05) is 0 Å². The first-order valence-corrected chi connectivity index (χ1v) is 8.24. The Labute approximate surface area is 139 Å². The normalized spacial score (nSPS) is 12.7. The van der Waals surface area contributed by atoms with E-state index in [9.17, 15) is 4.79 Å². The Morgan fingerprint density at radius 1 is 1.13 bits per heavy atom. The van der Waals surface area contributed by atoms with E-state index in [0.717, 1.165) is 5.69 Å². The number of carbonyl (C=O) groups excluding carboxylic acids is 1. The molecule has 1 aromatic carbocycles. The number of rotatable bonds is 6. The standard InChI is InChI=1S/C19H27N3O/c1-14(2)19(16-9-7-6-8-10-16)22(15(3)4)18(23)13-17-11-12-20-21(17)5/h6-12,14-15,19H,13H2,1-5H3. The summed E-state index contributed by atoms with van der Waals surface area (Å²) in [5.74, 6) is 0.487. The van der Waals surface area contributed by atoms with Crippen molar-refractivity contribution >= 4 is 5.91 Å². The highest BCUT2D eigenvalue weighted by atomic mass is 16.2. The van der Waals surface area contributed by atoms with Crippen LogP contribution in [-0.4, -0.2) is 26.6 Å². The fourth-order valence-electron chi connectivity index (χ4n) is 3.10. The van der Waals surface area contributed by atoms with Crippen LogP contribution in [0.5, 0.6) is 0 Å². The van der Waals surface area contributed by atoms with Crippen molar-refractivity contribution in [3.63, 3.8) is 0 Å². The molecule has 0 N–H and O–H groups in total. The van der Waals surface area contributed by atoms with Crippen molar-refractivity contribution < 1.29 is 4.79 Å². The molecule has 2 rings (SSSR count). The van der Waals surface area contributed by atoms with Gasteiger partial charge < -0.3 is 4.90 Å². The van der Waals surface area contributed by atoms with Gasteiger partial charge >= 0.3 is 0 Å². The van der Waals surface area contributed by atoms with E-state index < -0.39 is 0 Å². The fourth-order valence-corrected chi connectivity index (χ4v) is 3.10. The zero-order valence-electron chi connectivity index (χ0n) is 14.7. The van der Waals surface area contributed by atoms with Crippen molar-refractivity contribution in [3.05, 3.63) is 53.9 Å². The summed E-state index contributed by atoms with van der Waals surface area (Å²) in [7, 11) is 1.87. The second-order valence-corrected chi connectivity index (χ2v) is 6.62. The van der Waals surface area contributed by atoms with Gasteiger partial charge in [-0.05, 0) is 31.4 Å². The van der Waals surface area contributed by atoms with Crippen LogP contribution in [0, 0.1) is 5.92 Å². The van der Waals surface area contributed by atoms with Gasteiger partial charge in [0, 0.05) is 25.0 Å². The van der Waals surface area contributed by atoms with Crippen LogP contribution < -0.4 is 0 Å². The van der Waals surface area contributed by atoms with Crippen molar-refractivity contribution in [2.24, 2.45) is 13.0 Å². The Hall–Kier alpha value is -2.10. The zero-order valence-corrected chi connectivity index (χ0v) is 14.7. The predicted molar refractivity (Wildman–Crippen MR) is 92.9 cm³/mol. The first-order valence-electron chi connectivity index (χ1n) is 8.24. The molecule has 1 heterocycles. The minimum atomic E-state index is 0.0805. The maximum absolute atomic E-state index is 13.0. The third-order valence-corrected chi connectivity index (χ3v) is 4.17. The Morgan fingerprint density at radius 2 is 1.78 bits per heavy atom. The fraction of sp³-hybridized carbons (Fsp3) is 0.474. The Balaban J connectivity index is 2.31. The summed E-state index contributed by atoms with van der Waals surface area (Å²) in [6, 6.07) is 12.4. The molecule has 1 amide bonds. The third kappa shape index (κ3) is 4.01. The first-order chi connectivity index (χ1) is 10.9. The van der Waals surface area contributed by atoms with Crippen molar-refractivity contribution in [1.82, 2.24) is 14.7 Å². The average molecular weight is 313 g/mol. The van der Waals surface area contributed by atoms with E-state index in [0.29, 0.717) is 12.3 Å². The summed E-state index contributed by atoms with van der Waals surface area (Å²) in [6.07, 6.45) is 2.12. The van der Waals surface area contributed by atoms with Gasteiger partial charge in [-0.15, -0.1) is 0 Å². The van der Waals surface area contributed by atoms with Crippen LogP contribution in [0.4, 0.5) is 0 Å². The number of hydrogen-bond donors (Lipinski definition) is 0. The summed E-state index contributed by atoms with van der Waals surface area (Å²) in [5, 5.41) is 4.16. The van der Waals surface area contributed by atoms with Gasteiger partial charge in [0.25, 0.3) is 0 Å². The number of aryl methyl sites for hydroxylation is 1. The van der Waals surface area contributed by atoms with Gasteiger partial charge in [-0.2, -0.15) is 5.10 Å². The highest BCUT2D eigenvalue weighted by Gasteiger charge is 2.30. The molecular weight excluding hydrogens is 286 g/mol. The summed E-state index contributed by atoms with van der Waals surface area (Å²) < 4.78 is 1.77. The lowest BCUT2D eigenvalue weighted by molar-refractivity contribution is -0.136. The SMILES string of the molecule is CC(C)C(c1ccccc1)N(C(=O)Cc1ccnn1C)C(C)C. The Kier molecular flexibility index (Phi) is 5.59. The van der Waals surface area contributed by atoms with E-state index in [1.165, 1.54) is 5.56 Å². The maximum atomic E-state index is 13.0. The quantitative estimate of drug-likeness (QED) is 0.817. The summed E-state index contributed by atoms with van der Waals surface area (Å²) >= 11 is 0. The summed E-state index contributed by atoms with van der Waals surface area (Å²) in [6.45, 7) is 8.51. The molecule has 0 saturated heterocycles. The van der Waals surface area contributed by atoms with Crippen molar-refractivity contribution in [2.45, 2.75) is 46.2 Å². The van der Waals surface area contributed by atoms with E-state index in [2.05, 4.69) is 44.9 Å². The van der Waals surface area contributed by atoms with Gasteiger partial charge in [0.05, 0.1) is 12.5 Å². The molecule has 2 aromatic rings. The number of benzene rings is 1. The minimum Gasteiger partial charge on any atom is -0.333 e. The van der Waals surface area contributed by atoms with E-state index in [4.69, 9.17) is 0 Å². The van der Waals surface area contributed by atoms with Gasteiger partial charge in [-0.3, -0.25) is 9.48 Å². The van der Waals surface area contributed by atoms with E-state index >= 15 is 0 Å². The molecule has 0 bridgehead atoms. The van der Waals surface area contributed by atoms with Crippen LogP contribution in [0.25, 0.3) is 0 Å².